The zero-order valence-corrected chi connectivity index (χ0v) is 12.0. The lowest BCUT2D eigenvalue weighted by molar-refractivity contribution is -0.116. The maximum absolute atomic E-state index is 12.2. The Kier molecular flexibility index (Phi) is 4.48. The summed E-state index contributed by atoms with van der Waals surface area (Å²) in [6, 6.07) is 8.93. The Balaban J connectivity index is 2.77. The van der Waals surface area contributed by atoms with Crippen LogP contribution in [-0.4, -0.2) is 24.6 Å². The monoisotopic (exact) mass is 284 g/mol. The number of ether oxygens (including phenoxy) is 1. The molecule has 0 saturated carbocycles. The number of carbonyl (C=O) groups excluding carboxylic acids is 3. The van der Waals surface area contributed by atoms with E-state index in [4.69, 9.17) is 4.74 Å². The fourth-order valence-corrected chi connectivity index (χ4v) is 2.46. The van der Waals surface area contributed by atoms with Crippen LogP contribution in [0, 0.1) is 0 Å². The van der Waals surface area contributed by atoms with Gasteiger partial charge in [-0.05, 0) is 30.5 Å². The van der Waals surface area contributed by atoms with E-state index in [1.807, 2.05) is 6.07 Å². The number of Topliss-reactive ketones (excluding diaryl/α,β-unsaturated/α-hetero) is 1. The summed E-state index contributed by atoms with van der Waals surface area (Å²) in [6.45, 7) is 3.38. The molecule has 2 aliphatic rings. The number of rotatable bonds is 5. The van der Waals surface area contributed by atoms with Gasteiger partial charge in [0.05, 0.1) is 12.2 Å². The van der Waals surface area contributed by atoms with Crippen LogP contribution >= 0.6 is 0 Å². The summed E-state index contributed by atoms with van der Waals surface area (Å²) in [7, 11) is 0. The van der Waals surface area contributed by atoms with E-state index in [0.717, 1.165) is 0 Å². The van der Waals surface area contributed by atoms with Gasteiger partial charge in [-0.3, -0.25) is 9.59 Å². The Morgan fingerprint density at radius 1 is 1.14 bits per heavy atom. The molecule has 4 nitrogen and oxygen atoms in total. The first-order valence-electron chi connectivity index (χ1n) is 6.75. The third-order valence-electron chi connectivity index (χ3n) is 3.25. The van der Waals surface area contributed by atoms with Gasteiger partial charge < -0.3 is 4.74 Å². The Morgan fingerprint density at radius 3 is 2.38 bits per heavy atom. The first kappa shape index (κ1) is 14.9. The Bertz CT molecular complexity index is 673. The van der Waals surface area contributed by atoms with Gasteiger partial charge in [-0.1, -0.05) is 30.3 Å². The molecular weight excluding hydrogens is 268 g/mol. The average Bonchev–Trinajstić information content (AvgIpc) is 2.58. The molecule has 4 heteroatoms. The van der Waals surface area contributed by atoms with Gasteiger partial charge in [-0.15, -0.1) is 0 Å². The summed E-state index contributed by atoms with van der Waals surface area (Å²) >= 11 is 0. The third-order valence-corrected chi connectivity index (χ3v) is 3.25. The van der Waals surface area contributed by atoms with Crippen molar-refractivity contribution in [1.29, 1.82) is 0 Å². The summed E-state index contributed by atoms with van der Waals surface area (Å²) in [5.41, 5.74) is 2.46. The van der Waals surface area contributed by atoms with Crippen molar-refractivity contribution in [3.8, 4) is 11.1 Å². The number of ketones is 1. The normalized spacial score (nSPS) is 10.4. The van der Waals surface area contributed by atoms with Crippen molar-refractivity contribution in [3.63, 3.8) is 0 Å². The van der Waals surface area contributed by atoms with Crippen molar-refractivity contribution in [1.82, 2.24) is 0 Å². The molecule has 0 fully saturated rings. The lowest BCUT2D eigenvalue weighted by Crippen LogP contribution is -2.09. The van der Waals surface area contributed by atoms with Crippen molar-refractivity contribution >= 4 is 18.0 Å². The molecule has 0 radical (unpaired) electrons. The van der Waals surface area contributed by atoms with E-state index < -0.39 is 5.97 Å². The summed E-state index contributed by atoms with van der Waals surface area (Å²) in [4.78, 5) is 35.2. The van der Waals surface area contributed by atoms with Crippen LogP contribution in [0.1, 0.15) is 40.1 Å². The molecule has 2 rings (SSSR count). The van der Waals surface area contributed by atoms with E-state index >= 15 is 0 Å². The molecule has 0 N–H and O–H groups in total. The summed E-state index contributed by atoms with van der Waals surface area (Å²) in [6.07, 6.45) is 0.740. The minimum absolute atomic E-state index is 0.0423. The Hall–Kier alpha value is -2.49. The predicted octanol–water partition coefficient (Wildman–Crippen LogP) is 2.91. The minimum atomic E-state index is -0.502. The lowest BCUT2D eigenvalue weighted by atomic mass is 10.0. The fraction of sp³-hybridized carbons (Fsp3) is 0.235. The van der Waals surface area contributed by atoms with Gasteiger partial charge in [0.25, 0.3) is 0 Å². The molecule has 0 aromatic rings. The largest absolute Gasteiger partial charge is 0.462 e. The second kappa shape index (κ2) is 6.31. The van der Waals surface area contributed by atoms with Crippen LogP contribution in [0.15, 0.2) is 30.3 Å². The topological polar surface area (TPSA) is 60.4 Å². The zero-order chi connectivity index (χ0) is 15.4. The summed E-state index contributed by atoms with van der Waals surface area (Å²) in [5.74, 6) is -0.610. The second-order valence-corrected chi connectivity index (χ2v) is 4.72. The molecule has 0 amide bonds. The number of esters is 1. The SMILES string of the molecule is CCOC(=O)c1c2cccccc-2c(C=O)c1CC(C)=O. The van der Waals surface area contributed by atoms with Crippen LogP contribution in [-0.2, 0) is 16.0 Å². The van der Waals surface area contributed by atoms with E-state index in [9.17, 15) is 14.4 Å². The zero-order valence-electron chi connectivity index (χ0n) is 12.0. The standard InChI is InChI=1S/C17H16O4/c1-3-21-17(20)16-13-8-6-4-5-7-12(13)15(10-18)14(16)9-11(2)19/h4-8,10H,3,9H2,1-2H3. The molecule has 0 bridgehead atoms. The number of aldehydes is 1. The maximum Gasteiger partial charge on any atom is 0.339 e. The molecule has 21 heavy (non-hydrogen) atoms. The van der Waals surface area contributed by atoms with E-state index in [1.165, 1.54) is 6.92 Å². The smallest absolute Gasteiger partial charge is 0.339 e. The number of hydrogen-bond acceptors (Lipinski definition) is 4. The lowest BCUT2D eigenvalue weighted by Gasteiger charge is -2.05. The van der Waals surface area contributed by atoms with Crippen molar-refractivity contribution < 1.29 is 19.1 Å². The quantitative estimate of drug-likeness (QED) is 0.625. The molecule has 0 saturated heterocycles. The number of carbonyl (C=O) groups is 3. The molecule has 0 aromatic heterocycles. The second-order valence-electron chi connectivity index (χ2n) is 4.72. The molecule has 0 aromatic carbocycles. The van der Waals surface area contributed by atoms with E-state index in [-0.39, 0.29) is 18.8 Å². The van der Waals surface area contributed by atoms with E-state index in [2.05, 4.69) is 0 Å². The van der Waals surface area contributed by atoms with E-state index in [1.54, 1.807) is 31.2 Å². The van der Waals surface area contributed by atoms with Gasteiger partial charge in [-0.2, -0.15) is 0 Å². The highest BCUT2D eigenvalue weighted by molar-refractivity contribution is 6.08. The molecule has 108 valence electrons. The maximum atomic E-state index is 12.2. The highest BCUT2D eigenvalue weighted by Crippen LogP contribution is 2.36. The highest BCUT2D eigenvalue weighted by atomic mass is 16.5. The highest BCUT2D eigenvalue weighted by Gasteiger charge is 2.27. The van der Waals surface area contributed by atoms with Crippen molar-refractivity contribution in [3.05, 3.63) is 47.0 Å². The molecule has 0 heterocycles. The summed E-state index contributed by atoms with van der Waals surface area (Å²) < 4.78 is 5.08. The molecule has 0 unspecified atom stereocenters. The van der Waals surface area contributed by atoms with Gasteiger partial charge in [-0.25, -0.2) is 4.79 Å². The fourth-order valence-electron chi connectivity index (χ4n) is 2.46. The molecule has 0 spiro atoms. The Labute approximate surface area is 123 Å². The van der Waals surface area contributed by atoms with Crippen LogP contribution < -0.4 is 0 Å². The Morgan fingerprint density at radius 2 is 1.81 bits per heavy atom. The molecule has 2 aliphatic carbocycles. The molecular formula is C17H16O4. The predicted molar refractivity (Wildman–Crippen MR) is 78.8 cm³/mol. The van der Waals surface area contributed by atoms with Crippen LogP contribution in [0.3, 0.4) is 0 Å². The van der Waals surface area contributed by atoms with Gasteiger partial charge in [0.1, 0.15) is 5.78 Å². The summed E-state index contributed by atoms with van der Waals surface area (Å²) in [5, 5.41) is 0. The van der Waals surface area contributed by atoms with Gasteiger partial charge in [0.15, 0.2) is 6.29 Å². The van der Waals surface area contributed by atoms with Crippen molar-refractivity contribution in [2.75, 3.05) is 6.61 Å². The first-order chi connectivity index (χ1) is 10.1. The molecule has 0 atom stereocenters. The van der Waals surface area contributed by atoms with Crippen LogP contribution in [0.5, 0.6) is 0 Å². The number of fused-ring (bicyclic) bond motifs is 1. The van der Waals surface area contributed by atoms with Crippen molar-refractivity contribution in [2.45, 2.75) is 20.3 Å². The molecule has 0 aliphatic heterocycles. The third kappa shape index (κ3) is 2.84. The first-order valence-corrected chi connectivity index (χ1v) is 6.75. The van der Waals surface area contributed by atoms with Crippen LogP contribution in [0.25, 0.3) is 11.1 Å². The van der Waals surface area contributed by atoms with Crippen LogP contribution in [0.4, 0.5) is 0 Å². The van der Waals surface area contributed by atoms with Crippen molar-refractivity contribution in [2.24, 2.45) is 0 Å². The van der Waals surface area contributed by atoms with E-state index in [0.29, 0.717) is 34.1 Å². The van der Waals surface area contributed by atoms with Gasteiger partial charge in [0.2, 0.25) is 0 Å². The number of hydrogen-bond donors (Lipinski definition) is 0. The minimum Gasteiger partial charge on any atom is -0.462 e. The van der Waals surface area contributed by atoms with Gasteiger partial charge in [0, 0.05) is 12.0 Å². The van der Waals surface area contributed by atoms with Gasteiger partial charge >= 0.3 is 5.97 Å². The average molecular weight is 284 g/mol. The van der Waals surface area contributed by atoms with Crippen LogP contribution in [0.2, 0.25) is 0 Å².